The van der Waals surface area contributed by atoms with E-state index in [-0.39, 0.29) is 0 Å². The maximum atomic E-state index is 2.53. The first kappa shape index (κ1) is 53.8. The molecule has 0 aliphatic heterocycles. The molecule has 0 fully saturated rings. The fourth-order valence-electron chi connectivity index (χ4n) is 15.1. The molecule has 93 heavy (non-hydrogen) atoms. The zero-order chi connectivity index (χ0) is 61.4. The highest BCUT2D eigenvalue weighted by atomic mass is 15.2. The van der Waals surface area contributed by atoms with Crippen LogP contribution in [0.25, 0.3) is 65.3 Å². The van der Waals surface area contributed by atoms with Crippen molar-refractivity contribution in [3.63, 3.8) is 0 Å². The Labute approximate surface area is 541 Å². The molecule has 18 rings (SSSR count). The van der Waals surface area contributed by atoms with Gasteiger partial charge in [0.1, 0.15) is 0 Å². The van der Waals surface area contributed by atoms with E-state index in [4.69, 9.17) is 0 Å². The number of hydrogen-bond donors (Lipinski definition) is 0. The van der Waals surface area contributed by atoms with Crippen LogP contribution in [0, 0.1) is 0 Å². The van der Waals surface area contributed by atoms with Crippen molar-refractivity contribution in [2.75, 3.05) is 19.6 Å². The lowest BCUT2D eigenvalue weighted by Gasteiger charge is -2.35. The minimum atomic E-state index is -0.900. The molecule has 0 unspecified atom stereocenters. The fourth-order valence-corrected chi connectivity index (χ4v) is 15.1. The Bertz CT molecular complexity index is 4860. The van der Waals surface area contributed by atoms with Crippen molar-refractivity contribution in [1.29, 1.82) is 0 Å². The first-order valence-corrected chi connectivity index (χ1v) is 32.0. The highest BCUT2D eigenvalue weighted by Crippen LogP contribution is 2.66. The van der Waals surface area contributed by atoms with E-state index >= 15 is 0 Å². The van der Waals surface area contributed by atoms with E-state index in [0.717, 1.165) is 68.2 Å². The first-order chi connectivity index (χ1) is 46.1. The standard InChI is InChI=1S/C89H60N4/c1-5-29-69(30-6-1)90(73-41-37-61-21-13-17-25-65(61)53-73)77-45-49-81-82-50-46-78(91(70-31-7-2-8-32-70)74-42-38-62-22-14-18-26-66(62)54-74)58-86(82)89(85(81)57-77)87-59-79(92(71-33-9-3-10-34-71)75-43-39-63-23-15-19-27-67(63)55-75)47-51-83(87)84-52-48-80(60-88(84)89)93(72-35-11-4-12-36-72)76-44-40-64-24-16-20-28-68(64)56-76/h1-60H. The molecule has 0 radical (unpaired) electrons. The third-order valence-electron chi connectivity index (χ3n) is 19.3. The van der Waals surface area contributed by atoms with Crippen molar-refractivity contribution >= 4 is 111 Å². The highest BCUT2D eigenvalue weighted by molar-refractivity contribution is 6.02. The van der Waals surface area contributed by atoms with Gasteiger partial charge in [-0.3, -0.25) is 0 Å². The molecule has 0 saturated carbocycles. The maximum absolute atomic E-state index is 2.53. The molecule has 2 aliphatic rings. The Morgan fingerprint density at radius 1 is 0.140 bits per heavy atom. The summed E-state index contributed by atoms with van der Waals surface area (Å²) < 4.78 is 0. The lowest BCUT2D eigenvalue weighted by molar-refractivity contribution is 0.793. The van der Waals surface area contributed by atoms with E-state index in [1.54, 1.807) is 0 Å². The summed E-state index contributed by atoms with van der Waals surface area (Å²) in [6.45, 7) is 0. The van der Waals surface area contributed by atoms with Gasteiger partial charge in [-0.05, 0) is 233 Å². The average Bonchev–Trinajstić information content (AvgIpc) is 1.50. The maximum Gasteiger partial charge on any atom is 0.0728 e. The summed E-state index contributed by atoms with van der Waals surface area (Å²) in [6, 6.07) is 135. The van der Waals surface area contributed by atoms with Crippen LogP contribution < -0.4 is 19.6 Å². The quantitative estimate of drug-likeness (QED) is 0.121. The van der Waals surface area contributed by atoms with Gasteiger partial charge < -0.3 is 19.6 Å². The summed E-state index contributed by atoms with van der Waals surface area (Å²) in [5.74, 6) is 0. The molecule has 0 heterocycles. The number of para-hydroxylation sites is 4. The fraction of sp³-hybridized carbons (Fsp3) is 0.0112. The molecular weight excluding hydrogens is 1130 g/mol. The molecule has 1 spiro atoms. The molecule has 0 aromatic heterocycles. The number of benzene rings is 16. The second kappa shape index (κ2) is 22.1. The summed E-state index contributed by atoms with van der Waals surface area (Å²) in [4.78, 5) is 9.79. The van der Waals surface area contributed by atoms with E-state index < -0.39 is 5.41 Å². The number of rotatable bonds is 12. The van der Waals surface area contributed by atoms with Gasteiger partial charge in [0.05, 0.1) is 5.41 Å². The first-order valence-electron chi connectivity index (χ1n) is 32.0. The summed E-state index contributed by atoms with van der Waals surface area (Å²) >= 11 is 0. The van der Waals surface area contributed by atoms with E-state index in [2.05, 4.69) is 384 Å². The second-order valence-electron chi connectivity index (χ2n) is 24.5. The molecular formula is C89H60N4. The number of anilines is 12. The van der Waals surface area contributed by atoms with Gasteiger partial charge in [0, 0.05) is 68.2 Å². The van der Waals surface area contributed by atoms with Gasteiger partial charge in [0.2, 0.25) is 0 Å². The predicted molar refractivity (Wildman–Crippen MR) is 391 cm³/mol. The Hall–Kier alpha value is -12.2. The Morgan fingerprint density at radius 2 is 0.323 bits per heavy atom. The van der Waals surface area contributed by atoms with Crippen LogP contribution >= 0.6 is 0 Å². The van der Waals surface area contributed by atoms with Crippen molar-refractivity contribution in [3.8, 4) is 22.3 Å². The monoisotopic (exact) mass is 1180 g/mol. The van der Waals surface area contributed by atoms with Crippen LogP contribution in [0.4, 0.5) is 68.2 Å². The van der Waals surface area contributed by atoms with Crippen LogP contribution in [0.1, 0.15) is 22.3 Å². The van der Waals surface area contributed by atoms with Gasteiger partial charge in [-0.25, -0.2) is 0 Å². The summed E-state index contributed by atoms with van der Waals surface area (Å²) in [7, 11) is 0. The number of hydrogen-bond acceptors (Lipinski definition) is 4. The smallest absolute Gasteiger partial charge is 0.0728 e. The van der Waals surface area contributed by atoms with E-state index in [1.165, 1.54) is 87.6 Å². The normalized spacial score (nSPS) is 12.4. The van der Waals surface area contributed by atoms with Crippen LogP contribution in [-0.4, -0.2) is 0 Å². The topological polar surface area (TPSA) is 13.0 Å². The molecule has 2 aliphatic carbocycles. The number of nitrogens with zero attached hydrogens (tertiary/aromatic N) is 4. The van der Waals surface area contributed by atoms with Gasteiger partial charge in [-0.15, -0.1) is 0 Å². The lowest BCUT2D eigenvalue weighted by atomic mass is 9.70. The van der Waals surface area contributed by atoms with E-state index in [0.29, 0.717) is 0 Å². The molecule has 16 aromatic rings. The molecule has 436 valence electrons. The molecule has 16 aromatic carbocycles. The lowest BCUT2D eigenvalue weighted by Crippen LogP contribution is -2.27. The van der Waals surface area contributed by atoms with Crippen molar-refractivity contribution in [1.82, 2.24) is 0 Å². The minimum absolute atomic E-state index is 0.900. The highest BCUT2D eigenvalue weighted by Gasteiger charge is 2.53. The predicted octanol–water partition coefficient (Wildman–Crippen LogP) is 24.5. The van der Waals surface area contributed by atoms with Crippen molar-refractivity contribution in [2.45, 2.75) is 5.41 Å². The number of fused-ring (bicyclic) bond motifs is 14. The zero-order valence-electron chi connectivity index (χ0n) is 50.9. The molecule has 0 bridgehead atoms. The van der Waals surface area contributed by atoms with Crippen LogP contribution in [0.3, 0.4) is 0 Å². The molecule has 0 amide bonds. The largest absolute Gasteiger partial charge is 0.310 e. The van der Waals surface area contributed by atoms with Crippen LogP contribution in [0.5, 0.6) is 0 Å². The van der Waals surface area contributed by atoms with Crippen molar-refractivity contribution in [3.05, 3.63) is 386 Å². The van der Waals surface area contributed by atoms with Gasteiger partial charge >= 0.3 is 0 Å². The van der Waals surface area contributed by atoms with Gasteiger partial charge in [0.25, 0.3) is 0 Å². The zero-order valence-corrected chi connectivity index (χ0v) is 50.9. The Morgan fingerprint density at radius 3 is 0.548 bits per heavy atom. The van der Waals surface area contributed by atoms with E-state index in [9.17, 15) is 0 Å². The Balaban J connectivity index is 0.950. The molecule has 0 atom stereocenters. The molecule has 0 saturated heterocycles. The third-order valence-corrected chi connectivity index (χ3v) is 19.3. The average molecular weight is 1190 g/mol. The second-order valence-corrected chi connectivity index (χ2v) is 24.5. The molecule has 4 heteroatoms. The summed E-state index contributed by atoms with van der Waals surface area (Å²) in [5, 5.41) is 9.55. The molecule has 0 N–H and O–H groups in total. The third kappa shape index (κ3) is 8.98. The van der Waals surface area contributed by atoms with Crippen molar-refractivity contribution in [2.24, 2.45) is 0 Å². The van der Waals surface area contributed by atoms with Crippen LogP contribution in [-0.2, 0) is 5.41 Å². The van der Waals surface area contributed by atoms with E-state index in [1.807, 2.05) is 0 Å². The minimum Gasteiger partial charge on any atom is -0.310 e. The SMILES string of the molecule is c1ccc(N(c2ccc3c(c2)C2(c4cc(N(c5ccccc5)c5ccc6ccccc6c5)ccc4-3)c3cc(N(c4ccccc4)c4ccc5ccccc5c4)ccc3-c3ccc(N(c4ccccc4)c4ccc5ccccc5c4)cc32)c2ccc3ccccc3c2)cc1. The van der Waals surface area contributed by atoms with Crippen LogP contribution in [0.2, 0.25) is 0 Å². The molecule has 4 nitrogen and oxygen atoms in total. The van der Waals surface area contributed by atoms with Crippen molar-refractivity contribution < 1.29 is 0 Å². The Kier molecular flexibility index (Phi) is 12.8. The summed E-state index contributed by atoms with van der Waals surface area (Å²) in [6.07, 6.45) is 0. The van der Waals surface area contributed by atoms with Gasteiger partial charge in [0.15, 0.2) is 0 Å². The summed E-state index contributed by atoms with van der Waals surface area (Å²) in [5.41, 5.74) is 21.7. The van der Waals surface area contributed by atoms with Gasteiger partial charge in [-0.1, -0.05) is 218 Å². The van der Waals surface area contributed by atoms with Crippen LogP contribution in [0.15, 0.2) is 364 Å². The van der Waals surface area contributed by atoms with Gasteiger partial charge in [-0.2, -0.15) is 0 Å².